The van der Waals surface area contributed by atoms with Gasteiger partial charge in [-0.05, 0) is 37.5 Å². The van der Waals surface area contributed by atoms with Gasteiger partial charge in [-0.1, -0.05) is 32.4 Å². The molecule has 3 unspecified atom stereocenters. The van der Waals surface area contributed by atoms with Gasteiger partial charge >= 0.3 is 0 Å². The third kappa shape index (κ3) is 4.02. The third-order valence-electron chi connectivity index (χ3n) is 3.92. The van der Waals surface area contributed by atoms with E-state index in [1.54, 1.807) is 0 Å². The minimum Gasteiger partial charge on any atom is -0.378 e. The fourth-order valence-electron chi connectivity index (χ4n) is 2.07. The van der Waals surface area contributed by atoms with Crippen LogP contribution in [0.15, 0.2) is 24.3 Å². The summed E-state index contributed by atoms with van der Waals surface area (Å²) in [5, 5.41) is 3.68. The van der Waals surface area contributed by atoms with Crippen molar-refractivity contribution in [1.82, 2.24) is 5.32 Å². The summed E-state index contributed by atoms with van der Waals surface area (Å²) in [4.78, 5) is 2.13. The van der Waals surface area contributed by atoms with E-state index in [-0.39, 0.29) is 0 Å². The van der Waals surface area contributed by atoms with Gasteiger partial charge in [-0.2, -0.15) is 0 Å². The van der Waals surface area contributed by atoms with Crippen LogP contribution in [-0.2, 0) is 0 Å². The van der Waals surface area contributed by atoms with Gasteiger partial charge in [0.2, 0.25) is 0 Å². The van der Waals surface area contributed by atoms with Crippen molar-refractivity contribution in [3.8, 4) is 0 Å². The number of anilines is 1. The molecule has 0 aromatic heterocycles. The van der Waals surface area contributed by atoms with E-state index in [0.717, 1.165) is 0 Å². The molecule has 1 N–H and O–H groups in total. The van der Waals surface area contributed by atoms with Crippen molar-refractivity contribution in [3.05, 3.63) is 29.8 Å². The van der Waals surface area contributed by atoms with Gasteiger partial charge in [-0.3, -0.25) is 0 Å². The zero-order chi connectivity index (χ0) is 13.7. The smallest absolute Gasteiger partial charge is 0.0361 e. The van der Waals surface area contributed by atoms with Crippen LogP contribution in [0.2, 0.25) is 0 Å². The van der Waals surface area contributed by atoms with E-state index in [1.165, 1.54) is 17.7 Å². The molecule has 0 radical (unpaired) electrons. The van der Waals surface area contributed by atoms with Gasteiger partial charge in [0, 0.05) is 31.9 Å². The van der Waals surface area contributed by atoms with Crippen LogP contribution in [0.3, 0.4) is 0 Å². The van der Waals surface area contributed by atoms with Crippen molar-refractivity contribution in [3.63, 3.8) is 0 Å². The molecule has 0 amide bonds. The third-order valence-corrected chi connectivity index (χ3v) is 3.92. The highest BCUT2D eigenvalue weighted by Crippen LogP contribution is 2.19. The van der Waals surface area contributed by atoms with Gasteiger partial charge in [-0.15, -0.1) is 0 Å². The van der Waals surface area contributed by atoms with Gasteiger partial charge in [0.05, 0.1) is 0 Å². The summed E-state index contributed by atoms with van der Waals surface area (Å²) in [6.45, 7) is 9.07. The Hall–Kier alpha value is -1.02. The van der Waals surface area contributed by atoms with Crippen molar-refractivity contribution >= 4 is 5.69 Å². The van der Waals surface area contributed by atoms with E-state index in [1.807, 2.05) is 0 Å². The highest BCUT2D eigenvalue weighted by Gasteiger charge is 2.13. The Morgan fingerprint density at radius 1 is 1.06 bits per heavy atom. The average molecular weight is 248 g/mol. The fraction of sp³-hybridized carbons (Fsp3) is 0.625. The van der Waals surface area contributed by atoms with E-state index in [9.17, 15) is 0 Å². The van der Waals surface area contributed by atoms with Crippen molar-refractivity contribution in [2.24, 2.45) is 5.92 Å². The molecule has 3 atom stereocenters. The monoisotopic (exact) mass is 248 g/mol. The Morgan fingerprint density at radius 3 is 2.06 bits per heavy atom. The van der Waals surface area contributed by atoms with Crippen molar-refractivity contribution in [1.29, 1.82) is 0 Å². The quantitative estimate of drug-likeness (QED) is 0.823. The number of hydrogen-bond donors (Lipinski definition) is 1. The highest BCUT2D eigenvalue weighted by molar-refractivity contribution is 5.46. The summed E-state index contributed by atoms with van der Waals surface area (Å²) >= 11 is 0. The first-order chi connectivity index (χ1) is 8.45. The highest BCUT2D eigenvalue weighted by atomic mass is 15.1. The Bertz CT molecular complexity index is 343. The molecule has 0 saturated heterocycles. The first-order valence-corrected chi connectivity index (χ1v) is 6.99. The molecule has 0 saturated carbocycles. The number of benzene rings is 1. The van der Waals surface area contributed by atoms with Gasteiger partial charge in [0.25, 0.3) is 0 Å². The van der Waals surface area contributed by atoms with Crippen LogP contribution in [0, 0.1) is 5.92 Å². The maximum atomic E-state index is 3.68. The van der Waals surface area contributed by atoms with Gasteiger partial charge in [0.15, 0.2) is 0 Å². The van der Waals surface area contributed by atoms with Crippen LogP contribution in [0.4, 0.5) is 5.69 Å². The lowest BCUT2D eigenvalue weighted by molar-refractivity contribution is 0.360. The van der Waals surface area contributed by atoms with Gasteiger partial charge in [-0.25, -0.2) is 0 Å². The van der Waals surface area contributed by atoms with E-state index in [4.69, 9.17) is 0 Å². The van der Waals surface area contributed by atoms with E-state index in [2.05, 4.69) is 76.3 Å². The SMILES string of the molecule is CCC(C)C(C)NC(C)c1ccc(N(C)C)cc1. The van der Waals surface area contributed by atoms with Crippen molar-refractivity contribution in [2.45, 2.75) is 46.2 Å². The van der Waals surface area contributed by atoms with Crippen molar-refractivity contribution in [2.75, 3.05) is 19.0 Å². The molecule has 0 aliphatic rings. The molecule has 0 aliphatic carbocycles. The lowest BCUT2D eigenvalue weighted by atomic mass is 9.98. The van der Waals surface area contributed by atoms with Crippen LogP contribution in [-0.4, -0.2) is 20.1 Å². The molecule has 102 valence electrons. The molecular formula is C16H28N2. The summed E-state index contributed by atoms with van der Waals surface area (Å²) < 4.78 is 0. The predicted molar refractivity (Wildman–Crippen MR) is 81.2 cm³/mol. The maximum Gasteiger partial charge on any atom is 0.0361 e. The maximum absolute atomic E-state index is 3.68. The first kappa shape index (κ1) is 15.0. The Labute approximate surface area is 112 Å². The predicted octanol–water partition coefficient (Wildman–Crippen LogP) is 3.84. The molecule has 1 aromatic carbocycles. The Kier molecular flexibility index (Phi) is 5.67. The minimum absolute atomic E-state index is 0.408. The van der Waals surface area contributed by atoms with Crippen LogP contribution in [0.5, 0.6) is 0 Å². The normalized spacial score (nSPS) is 16.1. The second-order valence-electron chi connectivity index (χ2n) is 5.55. The average Bonchev–Trinajstić information content (AvgIpc) is 2.37. The van der Waals surface area contributed by atoms with Gasteiger partial charge < -0.3 is 10.2 Å². The van der Waals surface area contributed by atoms with Crippen LogP contribution in [0.25, 0.3) is 0 Å². The number of nitrogens with one attached hydrogen (secondary N) is 1. The van der Waals surface area contributed by atoms with Crippen molar-refractivity contribution < 1.29 is 0 Å². The zero-order valence-corrected chi connectivity index (χ0v) is 12.7. The van der Waals surface area contributed by atoms with Crippen LogP contribution in [0.1, 0.15) is 45.7 Å². The van der Waals surface area contributed by atoms with E-state index >= 15 is 0 Å². The molecule has 0 aliphatic heterocycles. The van der Waals surface area contributed by atoms with E-state index in [0.29, 0.717) is 18.0 Å². The van der Waals surface area contributed by atoms with Crippen LogP contribution < -0.4 is 10.2 Å². The molecular weight excluding hydrogens is 220 g/mol. The molecule has 1 rings (SSSR count). The molecule has 2 heteroatoms. The van der Waals surface area contributed by atoms with Gasteiger partial charge in [0.1, 0.15) is 0 Å². The Morgan fingerprint density at radius 2 is 1.61 bits per heavy atom. The minimum atomic E-state index is 0.408. The molecule has 0 bridgehead atoms. The standard InChI is InChI=1S/C16H28N2/c1-7-12(2)13(3)17-14(4)15-8-10-16(11-9-15)18(5)6/h8-14,17H,7H2,1-6H3. The summed E-state index contributed by atoms with van der Waals surface area (Å²) in [5.41, 5.74) is 2.61. The molecule has 0 spiro atoms. The number of rotatable bonds is 6. The molecule has 0 fully saturated rings. The summed E-state index contributed by atoms with van der Waals surface area (Å²) in [5.74, 6) is 0.716. The summed E-state index contributed by atoms with van der Waals surface area (Å²) in [7, 11) is 4.14. The lowest BCUT2D eigenvalue weighted by Gasteiger charge is -2.25. The topological polar surface area (TPSA) is 15.3 Å². The second-order valence-corrected chi connectivity index (χ2v) is 5.55. The summed E-state index contributed by atoms with van der Waals surface area (Å²) in [6, 6.07) is 9.76. The van der Waals surface area contributed by atoms with E-state index < -0.39 is 0 Å². The molecule has 18 heavy (non-hydrogen) atoms. The zero-order valence-electron chi connectivity index (χ0n) is 12.7. The Balaban J connectivity index is 2.64. The number of nitrogens with zero attached hydrogens (tertiary/aromatic N) is 1. The first-order valence-electron chi connectivity index (χ1n) is 6.99. The number of hydrogen-bond acceptors (Lipinski definition) is 2. The second kappa shape index (κ2) is 6.79. The van der Waals surface area contributed by atoms with Crippen LogP contribution >= 0.6 is 0 Å². The lowest BCUT2D eigenvalue weighted by Crippen LogP contribution is -2.33. The largest absolute Gasteiger partial charge is 0.378 e. The molecule has 1 aromatic rings. The molecule has 0 heterocycles. The fourth-order valence-corrected chi connectivity index (χ4v) is 2.07. The molecule has 2 nitrogen and oxygen atoms in total. The summed E-state index contributed by atoms with van der Waals surface area (Å²) in [6.07, 6.45) is 1.22.